The number of hydrogen-bond donors (Lipinski definition) is 2. The lowest BCUT2D eigenvalue weighted by Crippen LogP contribution is -2.46. The van der Waals surface area contributed by atoms with Crippen LogP contribution in [0.3, 0.4) is 0 Å². The molecular formula is C12H25NO2. The monoisotopic (exact) mass is 215 g/mol. The minimum Gasteiger partial charge on any atom is -0.390 e. The molecule has 1 aliphatic carbocycles. The number of ether oxygens (including phenoxy) is 1. The number of rotatable bonds is 5. The molecule has 0 aromatic rings. The maximum atomic E-state index is 10.4. The lowest BCUT2D eigenvalue weighted by atomic mass is 9.75. The SMILES string of the molecule is CCNC1CCC(O)(C(C)COC)CC1. The van der Waals surface area contributed by atoms with E-state index in [0.29, 0.717) is 12.6 Å². The van der Waals surface area contributed by atoms with Gasteiger partial charge in [-0.2, -0.15) is 0 Å². The fourth-order valence-corrected chi connectivity index (χ4v) is 2.51. The van der Waals surface area contributed by atoms with Gasteiger partial charge >= 0.3 is 0 Å². The molecule has 90 valence electrons. The van der Waals surface area contributed by atoms with Crippen LogP contribution < -0.4 is 5.32 Å². The molecule has 0 bridgehead atoms. The highest BCUT2D eigenvalue weighted by Gasteiger charge is 2.37. The molecule has 3 nitrogen and oxygen atoms in total. The maximum Gasteiger partial charge on any atom is 0.0696 e. The zero-order valence-corrected chi connectivity index (χ0v) is 10.3. The molecule has 1 unspecified atom stereocenters. The van der Waals surface area contributed by atoms with Gasteiger partial charge in [0.2, 0.25) is 0 Å². The van der Waals surface area contributed by atoms with Crippen molar-refractivity contribution >= 4 is 0 Å². The summed E-state index contributed by atoms with van der Waals surface area (Å²) in [6.45, 7) is 5.89. The number of hydrogen-bond acceptors (Lipinski definition) is 3. The van der Waals surface area contributed by atoms with E-state index in [4.69, 9.17) is 4.74 Å². The highest BCUT2D eigenvalue weighted by molar-refractivity contribution is 4.91. The summed E-state index contributed by atoms with van der Waals surface area (Å²) in [5.41, 5.74) is -0.498. The van der Waals surface area contributed by atoms with E-state index in [2.05, 4.69) is 19.2 Å². The maximum absolute atomic E-state index is 10.4. The Morgan fingerprint density at radius 1 is 1.47 bits per heavy atom. The predicted octanol–water partition coefficient (Wildman–Crippen LogP) is 1.55. The molecule has 1 saturated carbocycles. The molecule has 0 aromatic carbocycles. The number of methoxy groups -OCH3 is 1. The van der Waals surface area contributed by atoms with E-state index < -0.39 is 5.60 Å². The zero-order valence-electron chi connectivity index (χ0n) is 10.3. The average Bonchev–Trinajstić information content (AvgIpc) is 2.22. The molecule has 2 N–H and O–H groups in total. The minimum atomic E-state index is -0.498. The number of aliphatic hydroxyl groups is 1. The lowest BCUT2D eigenvalue weighted by Gasteiger charge is -2.40. The van der Waals surface area contributed by atoms with E-state index in [-0.39, 0.29) is 5.92 Å². The highest BCUT2D eigenvalue weighted by Crippen LogP contribution is 2.34. The second-order valence-electron chi connectivity index (χ2n) is 4.79. The summed E-state index contributed by atoms with van der Waals surface area (Å²) in [5.74, 6) is 0.241. The Morgan fingerprint density at radius 2 is 2.07 bits per heavy atom. The molecule has 0 aromatic heterocycles. The summed E-state index contributed by atoms with van der Waals surface area (Å²) in [5, 5.41) is 13.9. The van der Waals surface area contributed by atoms with E-state index in [1.54, 1.807) is 7.11 Å². The average molecular weight is 215 g/mol. The summed E-state index contributed by atoms with van der Waals surface area (Å²) >= 11 is 0. The van der Waals surface area contributed by atoms with Crippen LogP contribution in [0.4, 0.5) is 0 Å². The Bertz CT molecular complexity index is 176. The number of nitrogens with one attached hydrogen (secondary N) is 1. The smallest absolute Gasteiger partial charge is 0.0696 e. The van der Waals surface area contributed by atoms with Gasteiger partial charge in [-0.05, 0) is 32.2 Å². The zero-order chi connectivity index (χ0) is 11.3. The van der Waals surface area contributed by atoms with Crippen LogP contribution in [0, 0.1) is 5.92 Å². The van der Waals surface area contributed by atoms with E-state index in [1.165, 1.54) is 0 Å². The van der Waals surface area contributed by atoms with Crippen molar-refractivity contribution < 1.29 is 9.84 Å². The Hall–Kier alpha value is -0.120. The third kappa shape index (κ3) is 3.44. The van der Waals surface area contributed by atoms with Gasteiger partial charge in [0.25, 0.3) is 0 Å². The van der Waals surface area contributed by atoms with Gasteiger partial charge in [0.1, 0.15) is 0 Å². The molecular weight excluding hydrogens is 190 g/mol. The van der Waals surface area contributed by atoms with Crippen molar-refractivity contribution in [1.29, 1.82) is 0 Å². The van der Waals surface area contributed by atoms with Gasteiger partial charge in [-0.1, -0.05) is 13.8 Å². The van der Waals surface area contributed by atoms with Crippen LogP contribution in [0.25, 0.3) is 0 Å². The first-order valence-corrected chi connectivity index (χ1v) is 6.07. The Kier molecular flexibility index (Phi) is 5.03. The summed E-state index contributed by atoms with van der Waals surface area (Å²) in [6, 6.07) is 0.602. The van der Waals surface area contributed by atoms with Crippen LogP contribution in [0.2, 0.25) is 0 Å². The molecule has 0 saturated heterocycles. The van der Waals surface area contributed by atoms with Crippen LogP contribution in [0.1, 0.15) is 39.5 Å². The first-order chi connectivity index (χ1) is 7.12. The van der Waals surface area contributed by atoms with Crippen molar-refractivity contribution in [1.82, 2.24) is 5.32 Å². The molecule has 15 heavy (non-hydrogen) atoms. The summed E-state index contributed by atoms with van der Waals surface area (Å²) in [6.07, 6.45) is 3.96. The van der Waals surface area contributed by atoms with E-state index in [9.17, 15) is 5.11 Å². The van der Waals surface area contributed by atoms with Gasteiger partial charge in [0.05, 0.1) is 12.2 Å². The van der Waals surface area contributed by atoms with Crippen LogP contribution in [-0.4, -0.2) is 37.0 Å². The predicted molar refractivity (Wildman–Crippen MR) is 61.9 cm³/mol. The van der Waals surface area contributed by atoms with E-state index in [1.807, 2.05) is 0 Å². The van der Waals surface area contributed by atoms with Crippen LogP contribution in [0.5, 0.6) is 0 Å². The quantitative estimate of drug-likeness (QED) is 0.731. The lowest BCUT2D eigenvalue weighted by molar-refractivity contribution is -0.0697. The van der Waals surface area contributed by atoms with Crippen LogP contribution >= 0.6 is 0 Å². The van der Waals surface area contributed by atoms with Crippen molar-refractivity contribution in [2.24, 2.45) is 5.92 Å². The van der Waals surface area contributed by atoms with Gasteiger partial charge in [0, 0.05) is 19.1 Å². The van der Waals surface area contributed by atoms with Crippen molar-refractivity contribution in [2.75, 3.05) is 20.3 Å². The molecule has 3 heteroatoms. The second kappa shape index (κ2) is 5.83. The fraction of sp³-hybridized carbons (Fsp3) is 1.00. The summed E-state index contributed by atoms with van der Waals surface area (Å²) in [4.78, 5) is 0. The van der Waals surface area contributed by atoms with E-state index >= 15 is 0 Å². The largest absolute Gasteiger partial charge is 0.390 e. The Labute approximate surface area is 93.2 Å². The Morgan fingerprint density at radius 3 is 2.53 bits per heavy atom. The van der Waals surface area contributed by atoms with Gasteiger partial charge in [0.15, 0.2) is 0 Å². The minimum absolute atomic E-state index is 0.241. The van der Waals surface area contributed by atoms with Crippen LogP contribution in [-0.2, 0) is 4.74 Å². The van der Waals surface area contributed by atoms with Crippen molar-refractivity contribution in [3.05, 3.63) is 0 Å². The molecule has 1 aliphatic rings. The standard InChI is InChI=1S/C12H25NO2/c1-4-13-11-5-7-12(14,8-6-11)10(2)9-15-3/h10-11,13-14H,4-9H2,1-3H3. The summed E-state index contributed by atoms with van der Waals surface area (Å²) in [7, 11) is 1.70. The van der Waals surface area contributed by atoms with Gasteiger partial charge < -0.3 is 15.2 Å². The van der Waals surface area contributed by atoms with Crippen molar-refractivity contribution in [3.8, 4) is 0 Å². The fourth-order valence-electron chi connectivity index (χ4n) is 2.51. The molecule has 1 atom stereocenters. The molecule has 0 radical (unpaired) electrons. The van der Waals surface area contributed by atoms with E-state index in [0.717, 1.165) is 32.2 Å². The molecule has 0 aliphatic heterocycles. The molecule has 1 fully saturated rings. The molecule has 1 rings (SSSR count). The van der Waals surface area contributed by atoms with Gasteiger partial charge in [-0.15, -0.1) is 0 Å². The second-order valence-corrected chi connectivity index (χ2v) is 4.79. The summed E-state index contributed by atoms with van der Waals surface area (Å²) < 4.78 is 5.12. The van der Waals surface area contributed by atoms with Crippen molar-refractivity contribution in [3.63, 3.8) is 0 Å². The third-order valence-electron chi connectivity index (χ3n) is 3.68. The molecule has 0 spiro atoms. The highest BCUT2D eigenvalue weighted by atomic mass is 16.5. The topological polar surface area (TPSA) is 41.5 Å². The van der Waals surface area contributed by atoms with Gasteiger partial charge in [-0.25, -0.2) is 0 Å². The van der Waals surface area contributed by atoms with Crippen LogP contribution in [0.15, 0.2) is 0 Å². The van der Waals surface area contributed by atoms with Gasteiger partial charge in [-0.3, -0.25) is 0 Å². The third-order valence-corrected chi connectivity index (χ3v) is 3.68. The van der Waals surface area contributed by atoms with Crippen molar-refractivity contribution in [2.45, 2.75) is 51.2 Å². The first kappa shape index (κ1) is 12.9. The molecule has 0 amide bonds. The molecule has 0 heterocycles. The first-order valence-electron chi connectivity index (χ1n) is 6.07. The Balaban J connectivity index is 2.39. The normalized spacial score (nSPS) is 34.0.